The van der Waals surface area contributed by atoms with Gasteiger partial charge in [-0.3, -0.25) is 4.99 Å². The van der Waals surface area contributed by atoms with Gasteiger partial charge in [0.25, 0.3) is 0 Å². The van der Waals surface area contributed by atoms with Gasteiger partial charge in [0, 0.05) is 33.2 Å². The molecule has 44 heavy (non-hydrogen) atoms. The smallest absolute Gasteiger partial charge is 0.232 e. The summed E-state index contributed by atoms with van der Waals surface area (Å²) >= 11 is 19.6. The summed E-state index contributed by atoms with van der Waals surface area (Å²) in [5, 5.41) is 2.20. The van der Waals surface area contributed by atoms with Crippen LogP contribution in [0.15, 0.2) is 112 Å². The van der Waals surface area contributed by atoms with Crippen molar-refractivity contribution in [1.29, 1.82) is 0 Å². The molecule has 0 spiro atoms. The summed E-state index contributed by atoms with van der Waals surface area (Å²) in [5.74, 6) is 1.18. The van der Waals surface area contributed by atoms with Gasteiger partial charge >= 0.3 is 0 Å². The molecule has 4 aromatic carbocycles. The SMILES string of the molecule is C=Cc1ccc(CCl)cc1.CCN=C(OC)c1cc2ccc(Sc3ccc(Cl)c(Cl)c3)c(-c3ccccc3)c2[nH]1.CN(C)C. The summed E-state index contributed by atoms with van der Waals surface area (Å²) in [6.45, 7) is 6.30. The molecule has 5 aromatic rings. The van der Waals surface area contributed by atoms with Gasteiger partial charge in [-0.2, -0.15) is 0 Å². The molecule has 0 amide bonds. The number of nitrogens with zero attached hydrogens (tertiary/aromatic N) is 2. The maximum atomic E-state index is 6.24. The number of halogens is 3. The number of aromatic amines is 1. The van der Waals surface area contributed by atoms with Crippen LogP contribution in [-0.4, -0.2) is 50.6 Å². The van der Waals surface area contributed by atoms with Crippen LogP contribution in [0.3, 0.4) is 0 Å². The molecular formula is C36H38Cl3N3OS. The van der Waals surface area contributed by atoms with Gasteiger partial charge < -0.3 is 14.6 Å². The maximum Gasteiger partial charge on any atom is 0.232 e. The Bertz CT molecular complexity index is 1660. The number of ether oxygens (including phenoxy) is 1. The summed E-state index contributed by atoms with van der Waals surface area (Å²) in [6, 6.07) is 30.4. The number of hydrogen-bond donors (Lipinski definition) is 1. The van der Waals surface area contributed by atoms with Crippen molar-refractivity contribution in [2.24, 2.45) is 4.99 Å². The molecule has 1 aromatic heterocycles. The molecule has 4 nitrogen and oxygen atoms in total. The van der Waals surface area contributed by atoms with Gasteiger partial charge in [0.1, 0.15) is 5.69 Å². The minimum absolute atomic E-state index is 0.548. The number of H-pyrrole nitrogens is 1. The van der Waals surface area contributed by atoms with Crippen molar-refractivity contribution in [2.45, 2.75) is 22.6 Å². The summed E-state index contributed by atoms with van der Waals surface area (Å²) < 4.78 is 5.49. The number of benzene rings is 4. The Hall–Kier alpha value is -3.19. The minimum Gasteiger partial charge on any atom is -0.480 e. The number of rotatable bonds is 7. The third kappa shape index (κ3) is 10.2. The Kier molecular flexibility index (Phi) is 14.4. The molecule has 0 fully saturated rings. The van der Waals surface area contributed by atoms with Gasteiger partial charge in [0.15, 0.2) is 0 Å². The third-order valence-electron chi connectivity index (χ3n) is 6.04. The Morgan fingerprint density at radius 1 is 0.932 bits per heavy atom. The normalized spacial score (nSPS) is 11.0. The average molecular weight is 667 g/mol. The number of aromatic nitrogens is 1. The summed E-state index contributed by atoms with van der Waals surface area (Å²) in [6.07, 6.45) is 1.82. The minimum atomic E-state index is 0.548. The van der Waals surface area contributed by atoms with E-state index in [1.165, 1.54) is 0 Å². The van der Waals surface area contributed by atoms with Crippen molar-refractivity contribution in [3.8, 4) is 11.1 Å². The van der Waals surface area contributed by atoms with Crippen LogP contribution in [0.2, 0.25) is 10.0 Å². The van der Waals surface area contributed by atoms with E-state index in [1.807, 2.05) is 99.7 Å². The number of fused-ring (bicyclic) bond motifs is 1. The van der Waals surface area contributed by atoms with Crippen LogP contribution in [0.5, 0.6) is 0 Å². The standard InChI is InChI=1S/C24H20Cl2N2OS.C9H9Cl.C3H9N/c1-3-27-24(29-2)20-13-16-9-12-21(30-17-10-11-18(25)19(26)14-17)22(23(16)28-20)15-7-5-4-6-8-15;1-2-8-3-5-9(7-10)6-4-8;1-4(2)3/h4-14,28H,3H2,1-2H3;2-6H,1,7H2;1-3H3. The Morgan fingerprint density at radius 3 is 2.18 bits per heavy atom. The molecule has 1 N–H and O–H groups in total. The first-order valence-corrected chi connectivity index (χ1v) is 16.1. The lowest BCUT2D eigenvalue weighted by Crippen LogP contribution is -2.04. The number of nitrogens with one attached hydrogen (secondary N) is 1. The highest BCUT2D eigenvalue weighted by Gasteiger charge is 2.16. The first-order valence-electron chi connectivity index (χ1n) is 14.0. The fourth-order valence-corrected chi connectivity index (χ4v) is 5.65. The quantitative estimate of drug-likeness (QED) is 0.107. The molecular weight excluding hydrogens is 629 g/mol. The van der Waals surface area contributed by atoms with Crippen LogP contribution in [0, 0.1) is 0 Å². The van der Waals surface area contributed by atoms with Crippen LogP contribution in [0.25, 0.3) is 28.1 Å². The molecule has 0 aliphatic rings. The van der Waals surface area contributed by atoms with Crippen molar-refractivity contribution < 1.29 is 4.74 Å². The molecule has 8 heteroatoms. The van der Waals surface area contributed by atoms with Gasteiger partial charge in [-0.1, -0.05) is 108 Å². The molecule has 0 bridgehead atoms. The highest BCUT2D eigenvalue weighted by molar-refractivity contribution is 7.99. The van der Waals surface area contributed by atoms with Crippen molar-refractivity contribution in [3.63, 3.8) is 0 Å². The zero-order valence-corrected chi connectivity index (χ0v) is 28.8. The zero-order valence-electron chi connectivity index (χ0n) is 25.7. The lowest BCUT2D eigenvalue weighted by Gasteiger charge is -2.12. The summed E-state index contributed by atoms with van der Waals surface area (Å²) in [5.41, 5.74) is 6.44. The molecule has 0 radical (unpaired) electrons. The number of methoxy groups -OCH3 is 1. The van der Waals surface area contributed by atoms with Crippen molar-refractivity contribution >= 4 is 69.4 Å². The van der Waals surface area contributed by atoms with Gasteiger partial charge in [-0.15, -0.1) is 11.6 Å². The highest BCUT2D eigenvalue weighted by Crippen LogP contribution is 2.41. The molecule has 230 valence electrons. The van der Waals surface area contributed by atoms with Crippen molar-refractivity contribution in [1.82, 2.24) is 9.88 Å². The lowest BCUT2D eigenvalue weighted by atomic mass is 10.0. The predicted octanol–water partition coefficient (Wildman–Crippen LogP) is 11.0. The summed E-state index contributed by atoms with van der Waals surface area (Å²) in [7, 11) is 7.64. The number of alkyl halides is 1. The van der Waals surface area contributed by atoms with E-state index in [-0.39, 0.29) is 0 Å². The largest absolute Gasteiger partial charge is 0.480 e. The molecule has 0 atom stereocenters. The van der Waals surface area contributed by atoms with Crippen LogP contribution in [0.1, 0.15) is 23.7 Å². The lowest BCUT2D eigenvalue weighted by molar-refractivity contribution is 0.401. The first kappa shape index (κ1) is 35.3. The highest BCUT2D eigenvalue weighted by atomic mass is 35.5. The van der Waals surface area contributed by atoms with E-state index >= 15 is 0 Å². The van der Waals surface area contributed by atoms with E-state index in [2.05, 4.69) is 46.9 Å². The Balaban J connectivity index is 0.000000314. The van der Waals surface area contributed by atoms with E-state index in [0.717, 1.165) is 48.6 Å². The average Bonchev–Trinajstić information content (AvgIpc) is 3.46. The second-order valence-corrected chi connectivity index (χ2v) is 12.2. The topological polar surface area (TPSA) is 40.6 Å². The number of hydrogen-bond acceptors (Lipinski definition) is 4. The van der Waals surface area contributed by atoms with E-state index in [4.69, 9.17) is 39.5 Å². The van der Waals surface area contributed by atoms with Gasteiger partial charge in [-0.05, 0) is 75.1 Å². The summed E-state index contributed by atoms with van der Waals surface area (Å²) in [4.78, 5) is 12.1. The molecule has 5 rings (SSSR count). The van der Waals surface area contributed by atoms with Crippen LogP contribution >= 0.6 is 46.6 Å². The molecule has 0 saturated carbocycles. The van der Waals surface area contributed by atoms with E-state index in [1.54, 1.807) is 18.9 Å². The first-order chi connectivity index (χ1) is 21.2. The predicted molar refractivity (Wildman–Crippen MR) is 194 cm³/mol. The van der Waals surface area contributed by atoms with Crippen molar-refractivity contribution in [2.75, 3.05) is 34.8 Å². The van der Waals surface area contributed by atoms with Crippen molar-refractivity contribution in [3.05, 3.63) is 124 Å². The zero-order chi connectivity index (χ0) is 32.1. The Labute approximate surface area is 280 Å². The van der Waals surface area contributed by atoms with E-state index < -0.39 is 0 Å². The second-order valence-electron chi connectivity index (χ2n) is 10.0. The van der Waals surface area contributed by atoms with E-state index in [9.17, 15) is 0 Å². The monoisotopic (exact) mass is 665 g/mol. The van der Waals surface area contributed by atoms with Crippen LogP contribution in [-0.2, 0) is 10.6 Å². The molecule has 1 heterocycles. The second kappa shape index (κ2) is 17.9. The van der Waals surface area contributed by atoms with Gasteiger partial charge in [-0.25, -0.2) is 0 Å². The molecule has 0 aliphatic heterocycles. The van der Waals surface area contributed by atoms with Crippen LogP contribution in [0.4, 0.5) is 0 Å². The molecule has 0 aliphatic carbocycles. The number of aliphatic imine (C=N–C) groups is 1. The maximum absolute atomic E-state index is 6.24. The third-order valence-corrected chi connectivity index (χ3v) is 8.13. The fraction of sp³-hybridized carbons (Fsp3) is 0.194. The Morgan fingerprint density at radius 2 is 1.61 bits per heavy atom. The molecule has 0 unspecified atom stereocenters. The van der Waals surface area contributed by atoms with Gasteiger partial charge in [0.05, 0.1) is 22.7 Å². The fourth-order valence-electron chi connectivity index (χ4n) is 4.09. The molecule has 0 saturated heterocycles. The van der Waals surface area contributed by atoms with Crippen LogP contribution < -0.4 is 0 Å². The van der Waals surface area contributed by atoms with Gasteiger partial charge in [0.2, 0.25) is 5.90 Å². The van der Waals surface area contributed by atoms with E-state index in [0.29, 0.717) is 28.4 Å².